The van der Waals surface area contributed by atoms with E-state index in [0.717, 1.165) is 0 Å². The Morgan fingerprint density at radius 1 is 1.00 bits per heavy atom. The van der Waals surface area contributed by atoms with Crippen molar-refractivity contribution in [3.8, 4) is 0 Å². The summed E-state index contributed by atoms with van der Waals surface area (Å²) >= 11 is 0. The smallest absolute Gasteiger partial charge is 0.329 e. The van der Waals surface area contributed by atoms with Crippen molar-refractivity contribution in [2.24, 2.45) is 0 Å². The summed E-state index contributed by atoms with van der Waals surface area (Å²) in [6.45, 7) is 1.86. The Morgan fingerprint density at radius 2 is 1.61 bits per heavy atom. The molecule has 2 amide bonds. The molecule has 0 aromatic heterocycles. The van der Waals surface area contributed by atoms with Gasteiger partial charge in [-0.05, 0) is 0 Å². The molecular weight excluding hydrogens is 244 g/mol. The second-order valence-corrected chi connectivity index (χ2v) is 3.23. The fourth-order valence-corrected chi connectivity index (χ4v) is 0.940. The number of carbonyl (C=O) groups excluding carboxylic acids is 1. The topological polar surface area (TPSA) is 106 Å². The lowest BCUT2D eigenvalue weighted by atomic mass is 10.6. The maximum absolute atomic E-state index is 11.2. The van der Waals surface area contributed by atoms with E-state index in [1.165, 1.54) is 0 Å². The molecule has 0 aliphatic carbocycles. The third-order valence-corrected chi connectivity index (χ3v) is 1.72. The van der Waals surface area contributed by atoms with Crippen LogP contribution in [-0.2, 0) is 19.0 Å². The Hall–Kier alpha value is -1.38. The highest BCUT2D eigenvalue weighted by molar-refractivity contribution is 5.73. The van der Waals surface area contributed by atoms with Gasteiger partial charge in [-0.3, -0.25) is 0 Å². The second-order valence-electron chi connectivity index (χ2n) is 3.23. The Labute approximate surface area is 106 Å². The number of carbonyl (C=O) groups is 2. The molecule has 8 nitrogen and oxygen atoms in total. The molecule has 3 N–H and O–H groups in total. The van der Waals surface area contributed by atoms with Crippen molar-refractivity contribution in [2.75, 3.05) is 53.2 Å². The van der Waals surface area contributed by atoms with Crippen LogP contribution in [0.5, 0.6) is 0 Å². The van der Waals surface area contributed by atoms with Crippen LogP contribution in [0.4, 0.5) is 4.79 Å². The van der Waals surface area contributed by atoms with E-state index in [2.05, 4.69) is 10.6 Å². The van der Waals surface area contributed by atoms with Crippen molar-refractivity contribution >= 4 is 12.0 Å². The number of carboxylic acids is 1. The van der Waals surface area contributed by atoms with E-state index in [1.54, 1.807) is 7.11 Å². The van der Waals surface area contributed by atoms with Crippen LogP contribution in [0.2, 0.25) is 0 Å². The third kappa shape index (κ3) is 12.7. The van der Waals surface area contributed by atoms with E-state index in [1.807, 2.05) is 0 Å². The molecule has 0 aliphatic rings. The molecule has 106 valence electrons. The van der Waals surface area contributed by atoms with Crippen molar-refractivity contribution in [2.45, 2.75) is 0 Å². The lowest BCUT2D eigenvalue weighted by Crippen LogP contribution is -2.39. The number of amides is 2. The van der Waals surface area contributed by atoms with Crippen molar-refractivity contribution in [1.82, 2.24) is 10.6 Å². The first-order valence-electron chi connectivity index (χ1n) is 5.54. The van der Waals surface area contributed by atoms with E-state index in [9.17, 15) is 9.59 Å². The van der Waals surface area contributed by atoms with Crippen LogP contribution in [0, 0.1) is 0 Å². The molecule has 0 bridgehead atoms. The monoisotopic (exact) mass is 264 g/mol. The first kappa shape index (κ1) is 16.6. The molecule has 0 saturated heterocycles. The molecule has 0 fully saturated rings. The van der Waals surface area contributed by atoms with Crippen LogP contribution < -0.4 is 10.6 Å². The van der Waals surface area contributed by atoms with Gasteiger partial charge in [0.2, 0.25) is 0 Å². The molecule has 0 rings (SSSR count). The fraction of sp³-hybridized carbons (Fsp3) is 0.800. The van der Waals surface area contributed by atoms with Crippen LogP contribution in [0.1, 0.15) is 0 Å². The van der Waals surface area contributed by atoms with E-state index >= 15 is 0 Å². The maximum atomic E-state index is 11.2. The van der Waals surface area contributed by atoms with Crippen molar-refractivity contribution < 1.29 is 28.9 Å². The summed E-state index contributed by atoms with van der Waals surface area (Å²) in [5.41, 5.74) is 0. The molecule has 0 heterocycles. The summed E-state index contributed by atoms with van der Waals surface area (Å²) in [6.07, 6.45) is 0. The van der Waals surface area contributed by atoms with Gasteiger partial charge >= 0.3 is 12.0 Å². The second kappa shape index (κ2) is 12.1. The Morgan fingerprint density at radius 3 is 2.17 bits per heavy atom. The number of urea groups is 1. The first-order chi connectivity index (χ1) is 8.66. The zero-order valence-corrected chi connectivity index (χ0v) is 10.4. The van der Waals surface area contributed by atoms with Gasteiger partial charge < -0.3 is 30.0 Å². The van der Waals surface area contributed by atoms with Crippen LogP contribution >= 0.6 is 0 Å². The predicted octanol–water partition coefficient (Wildman–Crippen LogP) is -0.950. The molecule has 18 heavy (non-hydrogen) atoms. The normalized spacial score (nSPS) is 10.1. The lowest BCUT2D eigenvalue weighted by Gasteiger charge is -2.08. The minimum atomic E-state index is -1.03. The van der Waals surface area contributed by atoms with Crippen molar-refractivity contribution in [1.29, 1.82) is 0 Å². The van der Waals surface area contributed by atoms with Crippen molar-refractivity contribution in [3.05, 3.63) is 0 Å². The predicted molar refractivity (Wildman–Crippen MR) is 62.6 cm³/mol. The van der Waals surface area contributed by atoms with E-state index in [0.29, 0.717) is 26.4 Å². The highest BCUT2D eigenvalue weighted by Crippen LogP contribution is 1.76. The summed E-state index contributed by atoms with van der Waals surface area (Å²) in [5.74, 6) is -1.03. The van der Waals surface area contributed by atoms with Crippen molar-refractivity contribution in [3.63, 3.8) is 0 Å². The zero-order valence-electron chi connectivity index (χ0n) is 10.4. The molecule has 0 aromatic rings. The van der Waals surface area contributed by atoms with E-state index < -0.39 is 5.97 Å². The van der Waals surface area contributed by atoms with Crippen LogP contribution in [0.3, 0.4) is 0 Å². The average molecular weight is 264 g/mol. The number of carboxylic acid groups (broad SMARTS) is 1. The molecule has 0 radical (unpaired) electrons. The van der Waals surface area contributed by atoms with Gasteiger partial charge in [-0.1, -0.05) is 0 Å². The Bertz CT molecular complexity index is 236. The Balaban J connectivity index is 3.20. The quantitative estimate of drug-likeness (QED) is 0.415. The molecule has 0 unspecified atom stereocenters. The highest BCUT2D eigenvalue weighted by Gasteiger charge is 1.99. The number of hydrogen-bond donors (Lipinski definition) is 3. The summed E-state index contributed by atoms with van der Waals surface area (Å²) in [7, 11) is 1.58. The number of ether oxygens (including phenoxy) is 3. The molecule has 0 atom stereocenters. The van der Waals surface area contributed by atoms with Gasteiger partial charge in [0.05, 0.1) is 26.4 Å². The number of hydrogen-bond acceptors (Lipinski definition) is 5. The van der Waals surface area contributed by atoms with Gasteiger partial charge in [-0.2, -0.15) is 0 Å². The van der Waals surface area contributed by atoms with E-state index in [-0.39, 0.29) is 25.8 Å². The molecule has 8 heteroatoms. The van der Waals surface area contributed by atoms with Crippen LogP contribution in [0.25, 0.3) is 0 Å². The molecule has 0 aliphatic heterocycles. The zero-order chi connectivity index (χ0) is 13.6. The minimum Gasteiger partial charge on any atom is -0.480 e. The van der Waals surface area contributed by atoms with Crippen LogP contribution in [-0.4, -0.2) is 70.3 Å². The number of methoxy groups -OCH3 is 1. The largest absolute Gasteiger partial charge is 0.480 e. The summed E-state index contributed by atoms with van der Waals surface area (Å²) < 4.78 is 14.7. The maximum Gasteiger partial charge on any atom is 0.329 e. The van der Waals surface area contributed by atoms with Gasteiger partial charge in [-0.15, -0.1) is 0 Å². The van der Waals surface area contributed by atoms with E-state index in [4.69, 9.17) is 19.3 Å². The standard InChI is InChI=1S/C10H20N2O6/c1-16-6-7-17-4-2-11-10(15)12-3-5-18-8-9(13)14/h2-8H2,1H3,(H,13,14)(H2,11,12,15). The number of nitrogens with one attached hydrogen (secondary N) is 2. The fourth-order valence-electron chi connectivity index (χ4n) is 0.940. The number of aliphatic carboxylic acids is 1. The van der Waals surface area contributed by atoms with Crippen LogP contribution in [0.15, 0.2) is 0 Å². The third-order valence-electron chi connectivity index (χ3n) is 1.72. The summed E-state index contributed by atoms with van der Waals surface area (Å²) in [6, 6.07) is -0.343. The minimum absolute atomic E-state index is 0.157. The van der Waals surface area contributed by atoms with Gasteiger partial charge in [0.1, 0.15) is 6.61 Å². The Kier molecular flexibility index (Phi) is 11.2. The molecule has 0 spiro atoms. The van der Waals surface area contributed by atoms with Gasteiger partial charge in [0.15, 0.2) is 0 Å². The molecule has 0 aromatic carbocycles. The average Bonchev–Trinajstić information content (AvgIpc) is 2.33. The SMILES string of the molecule is COCCOCCNC(=O)NCCOCC(=O)O. The number of rotatable bonds is 11. The summed E-state index contributed by atoms with van der Waals surface area (Å²) in [5, 5.41) is 13.4. The highest BCUT2D eigenvalue weighted by atomic mass is 16.5. The molecular formula is C10H20N2O6. The van der Waals surface area contributed by atoms with Gasteiger partial charge in [0, 0.05) is 20.2 Å². The molecule has 0 saturated carbocycles. The lowest BCUT2D eigenvalue weighted by molar-refractivity contribution is -0.142. The van der Waals surface area contributed by atoms with Gasteiger partial charge in [-0.25, -0.2) is 9.59 Å². The van der Waals surface area contributed by atoms with Gasteiger partial charge in [0.25, 0.3) is 0 Å². The first-order valence-corrected chi connectivity index (χ1v) is 5.54. The summed E-state index contributed by atoms with van der Waals surface area (Å²) in [4.78, 5) is 21.3.